The first-order valence-corrected chi connectivity index (χ1v) is 3.34. The predicted molar refractivity (Wildman–Crippen MR) is 30.0 cm³/mol. The number of ether oxygens (including phenoxy) is 1. The normalized spacial score (nSPS) is 32.0. The number of nitrogens with zero attached hydrogens (tertiary/aromatic N) is 1. The molecule has 0 aromatic carbocycles. The number of fused-ring (bicyclic) bond motifs is 1. The van der Waals surface area contributed by atoms with Crippen molar-refractivity contribution in [2.45, 2.75) is 18.8 Å². The molecule has 2 aliphatic rings. The Morgan fingerprint density at radius 1 is 1.67 bits per heavy atom. The van der Waals surface area contributed by atoms with Crippen molar-refractivity contribution in [3.63, 3.8) is 0 Å². The van der Waals surface area contributed by atoms with Gasteiger partial charge >= 0.3 is 51.4 Å². The minimum atomic E-state index is -1.24. The summed E-state index contributed by atoms with van der Waals surface area (Å²) in [5.74, 6) is -1.29. The van der Waals surface area contributed by atoms with Crippen LogP contribution in [0.15, 0.2) is 0 Å². The molecule has 2 atom stereocenters. The molecule has 2 fully saturated rings. The van der Waals surface area contributed by atoms with E-state index in [1.54, 1.807) is 0 Å². The van der Waals surface area contributed by atoms with Crippen LogP contribution in [0.1, 0.15) is 6.42 Å². The van der Waals surface area contributed by atoms with Crippen LogP contribution in [-0.2, 0) is 14.3 Å². The Balaban J connectivity index is 0.000000720. The van der Waals surface area contributed by atoms with Gasteiger partial charge in [-0.15, -0.1) is 0 Å². The average Bonchev–Trinajstić information content (AvgIpc) is 2.26. The quantitative estimate of drug-likeness (QED) is 0.309. The molecular weight excluding hydrogens is 189 g/mol. The Morgan fingerprint density at radius 3 is 2.75 bits per heavy atom. The number of carbonyl (C=O) groups excluding carboxylic acids is 2. The van der Waals surface area contributed by atoms with Crippen molar-refractivity contribution in [2.75, 3.05) is 6.54 Å². The molecule has 0 N–H and O–H groups in total. The van der Waals surface area contributed by atoms with Gasteiger partial charge in [0, 0.05) is 0 Å². The van der Waals surface area contributed by atoms with E-state index in [4.69, 9.17) is 4.74 Å². The minimum absolute atomic E-state index is 0. The van der Waals surface area contributed by atoms with Crippen molar-refractivity contribution >= 4 is 11.9 Å². The molecule has 0 spiro atoms. The smallest absolute Gasteiger partial charge is 0.547 e. The van der Waals surface area contributed by atoms with Crippen LogP contribution in [0.5, 0.6) is 0 Å². The summed E-state index contributed by atoms with van der Waals surface area (Å²) >= 11 is 0. The second-order valence-corrected chi connectivity index (χ2v) is 2.65. The molecule has 5 nitrogen and oxygen atoms in total. The second-order valence-electron chi connectivity index (χ2n) is 2.65. The van der Waals surface area contributed by atoms with Crippen molar-refractivity contribution in [2.24, 2.45) is 0 Å². The largest absolute Gasteiger partial charge is 1.00 e. The fourth-order valence-corrected chi connectivity index (χ4v) is 1.31. The number of β-lactam (4-membered cyclic amide) rings is 1. The Morgan fingerprint density at radius 2 is 2.33 bits per heavy atom. The van der Waals surface area contributed by atoms with Gasteiger partial charge < -0.3 is 19.5 Å². The molecule has 1 amide bonds. The fourth-order valence-electron chi connectivity index (χ4n) is 1.31. The van der Waals surface area contributed by atoms with Crippen molar-refractivity contribution in [1.29, 1.82) is 0 Å². The molecule has 0 saturated carbocycles. The zero-order valence-corrected chi connectivity index (χ0v) is 9.77. The third-order valence-corrected chi connectivity index (χ3v) is 1.96. The molecule has 0 bridgehead atoms. The van der Waals surface area contributed by atoms with Crippen LogP contribution in [0.4, 0.5) is 0 Å². The first-order valence-electron chi connectivity index (χ1n) is 3.34. The predicted octanol–water partition coefficient (Wildman–Crippen LogP) is -5.30. The van der Waals surface area contributed by atoms with Crippen molar-refractivity contribution in [1.82, 2.24) is 4.90 Å². The van der Waals surface area contributed by atoms with E-state index in [0.29, 0.717) is 6.42 Å². The van der Waals surface area contributed by atoms with Gasteiger partial charge in [-0.25, -0.2) is 0 Å². The number of carbonyl (C=O) groups is 2. The van der Waals surface area contributed by atoms with E-state index in [-0.39, 0.29) is 70.1 Å². The van der Waals surface area contributed by atoms with E-state index in [1.807, 2.05) is 0 Å². The molecule has 0 unspecified atom stereocenters. The van der Waals surface area contributed by atoms with E-state index >= 15 is 0 Å². The van der Waals surface area contributed by atoms with E-state index < -0.39 is 12.1 Å². The Bertz CT molecular complexity index is 232. The SMILES string of the molecule is O=C([O-])[C@H]1CN2C(=O)C[C@@H]2O1.[K+]. The first-order chi connectivity index (χ1) is 5.18. The Hall–Kier alpha value is 0.536. The molecule has 0 radical (unpaired) electrons. The van der Waals surface area contributed by atoms with Crippen LogP contribution >= 0.6 is 0 Å². The van der Waals surface area contributed by atoms with Crippen LogP contribution in [0.2, 0.25) is 0 Å². The van der Waals surface area contributed by atoms with Crippen LogP contribution < -0.4 is 56.5 Å². The number of rotatable bonds is 1. The van der Waals surface area contributed by atoms with Gasteiger partial charge in [0.05, 0.1) is 18.9 Å². The van der Waals surface area contributed by atoms with Crippen LogP contribution in [0.3, 0.4) is 0 Å². The van der Waals surface area contributed by atoms with Gasteiger partial charge in [0.1, 0.15) is 12.3 Å². The van der Waals surface area contributed by atoms with Gasteiger partial charge in [-0.1, -0.05) is 0 Å². The number of carboxylic acid groups (broad SMARTS) is 1. The summed E-state index contributed by atoms with van der Waals surface area (Å²) in [6.07, 6.45) is -0.916. The summed E-state index contributed by atoms with van der Waals surface area (Å²) in [5, 5.41) is 10.3. The van der Waals surface area contributed by atoms with Crippen molar-refractivity contribution in [3.05, 3.63) is 0 Å². The average molecular weight is 195 g/mol. The molecule has 2 rings (SSSR count). The van der Waals surface area contributed by atoms with E-state index in [9.17, 15) is 14.7 Å². The standard InChI is InChI=1S/C6H7NO4.K/c8-4-1-5-7(4)2-3(11-5)6(9)10;/h3,5H,1-2H2,(H,9,10);/q;+1/p-1/t3-,5+;/m1./s1. The van der Waals surface area contributed by atoms with Gasteiger partial charge in [0.2, 0.25) is 5.91 Å². The Kier molecular flexibility index (Phi) is 3.30. The molecule has 6 heteroatoms. The zero-order chi connectivity index (χ0) is 8.01. The van der Waals surface area contributed by atoms with Crippen LogP contribution in [0, 0.1) is 0 Å². The molecule has 0 aromatic rings. The molecule has 0 aromatic heterocycles. The number of hydrogen-bond acceptors (Lipinski definition) is 4. The Labute approximate surface area is 111 Å². The summed E-state index contributed by atoms with van der Waals surface area (Å²) in [5.41, 5.74) is 0. The monoisotopic (exact) mass is 195 g/mol. The molecule has 0 aliphatic carbocycles. The van der Waals surface area contributed by atoms with E-state index in [2.05, 4.69) is 0 Å². The van der Waals surface area contributed by atoms with Gasteiger partial charge in [-0.2, -0.15) is 0 Å². The molecular formula is C6H6KNO4. The molecule has 2 heterocycles. The van der Waals surface area contributed by atoms with Gasteiger partial charge in [0.15, 0.2) is 0 Å². The van der Waals surface area contributed by atoms with E-state index in [1.165, 1.54) is 4.90 Å². The van der Waals surface area contributed by atoms with Crippen LogP contribution in [-0.4, -0.2) is 35.7 Å². The number of amides is 1. The topological polar surface area (TPSA) is 69.7 Å². The molecule has 12 heavy (non-hydrogen) atoms. The maximum absolute atomic E-state index is 10.7. The number of hydrogen-bond donors (Lipinski definition) is 0. The minimum Gasteiger partial charge on any atom is -0.547 e. The summed E-state index contributed by atoms with van der Waals surface area (Å²) in [7, 11) is 0. The van der Waals surface area contributed by atoms with Gasteiger partial charge in [-0.05, 0) is 0 Å². The number of aliphatic carboxylic acids is 1. The van der Waals surface area contributed by atoms with Gasteiger partial charge in [-0.3, -0.25) is 4.79 Å². The zero-order valence-electron chi connectivity index (χ0n) is 6.65. The molecule has 2 aliphatic heterocycles. The van der Waals surface area contributed by atoms with Crippen molar-refractivity contribution < 1.29 is 70.8 Å². The first kappa shape index (κ1) is 10.6. The third kappa shape index (κ3) is 1.59. The second kappa shape index (κ2) is 3.73. The summed E-state index contributed by atoms with van der Waals surface area (Å²) in [6, 6.07) is 0. The van der Waals surface area contributed by atoms with E-state index in [0.717, 1.165) is 0 Å². The third-order valence-electron chi connectivity index (χ3n) is 1.96. The summed E-state index contributed by atoms with van der Waals surface area (Å²) < 4.78 is 4.94. The molecule has 2 saturated heterocycles. The molecule has 60 valence electrons. The van der Waals surface area contributed by atoms with Gasteiger partial charge in [0.25, 0.3) is 0 Å². The number of carboxylic acids is 1. The summed E-state index contributed by atoms with van der Waals surface area (Å²) in [4.78, 5) is 22.4. The van der Waals surface area contributed by atoms with Crippen LogP contribution in [0.25, 0.3) is 0 Å². The van der Waals surface area contributed by atoms with Crippen molar-refractivity contribution in [3.8, 4) is 0 Å². The summed E-state index contributed by atoms with van der Waals surface area (Å²) in [6.45, 7) is 0.145. The fraction of sp³-hybridized carbons (Fsp3) is 0.667. The maximum atomic E-state index is 10.7. The maximum Gasteiger partial charge on any atom is 1.00 e.